The van der Waals surface area contributed by atoms with Gasteiger partial charge in [-0.2, -0.15) is 5.26 Å². The van der Waals surface area contributed by atoms with E-state index >= 15 is 0 Å². The van der Waals surface area contributed by atoms with Crippen molar-refractivity contribution in [2.45, 2.75) is 26.8 Å². The lowest BCUT2D eigenvalue weighted by Gasteiger charge is -2.23. The SMILES string of the molecule is Cc1ccc(C)c(/C(O)=C2\C(=O)C(=O)N(c3ccc(C#N)cc3)C2c2ccc(C)o2)c1. The van der Waals surface area contributed by atoms with Crippen molar-refractivity contribution in [2.75, 3.05) is 4.90 Å². The summed E-state index contributed by atoms with van der Waals surface area (Å²) in [4.78, 5) is 27.5. The first-order valence-corrected chi connectivity index (χ1v) is 9.77. The molecule has 1 amide bonds. The Morgan fingerprint density at radius 1 is 1.03 bits per heavy atom. The highest BCUT2D eigenvalue weighted by Gasteiger charge is 2.48. The number of aliphatic hydroxyl groups is 1. The summed E-state index contributed by atoms with van der Waals surface area (Å²) in [7, 11) is 0. The average molecular weight is 412 g/mol. The molecule has 2 heterocycles. The lowest BCUT2D eigenvalue weighted by atomic mass is 9.96. The minimum Gasteiger partial charge on any atom is -0.507 e. The number of furan rings is 1. The Balaban J connectivity index is 1.95. The van der Waals surface area contributed by atoms with Gasteiger partial charge >= 0.3 is 0 Å². The Labute approximate surface area is 179 Å². The van der Waals surface area contributed by atoms with Gasteiger partial charge in [-0.15, -0.1) is 0 Å². The fourth-order valence-electron chi connectivity index (χ4n) is 3.80. The molecule has 1 aliphatic heterocycles. The summed E-state index contributed by atoms with van der Waals surface area (Å²) in [5.41, 5.74) is 3.02. The normalized spacial score (nSPS) is 17.7. The molecule has 1 fully saturated rings. The van der Waals surface area contributed by atoms with Gasteiger partial charge in [0.1, 0.15) is 23.3 Å². The summed E-state index contributed by atoms with van der Waals surface area (Å²) >= 11 is 0. The quantitative estimate of drug-likeness (QED) is 0.382. The van der Waals surface area contributed by atoms with Gasteiger partial charge in [0.25, 0.3) is 11.7 Å². The summed E-state index contributed by atoms with van der Waals surface area (Å²) in [5.74, 6) is -0.813. The predicted molar refractivity (Wildman–Crippen MR) is 115 cm³/mol. The number of aryl methyl sites for hydroxylation is 3. The zero-order valence-corrected chi connectivity index (χ0v) is 17.3. The van der Waals surface area contributed by atoms with Crippen LogP contribution in [0.5, 0.6) is 0 Å². The summed E-state index contributed by atoms with van der Waals surface area (Å²) in [6.07, 6.45) is 0. The topological polar surface area (TPSA) is 94.5 Å². The molecule has 6 nitrogen and oxygen atoms in total. The Hall–Kier alpha value is -4.11. The van der Waals surface area contributed by atoms with Crippen LogP contribution in [-0.2, 0) is 9.59 Å². The Bertz CT molecular complexity index is 1280. The van der Waals surface area contributed by atoms with Crippen molar-refractivity contribution < 1.29 is 19.1 Å². The van der Waals surface area contributed by atoms with Crippen LogP contribution in [0.25, 0.3) is 5.76 Å². The first-order chi connectivity index (χ1) is 14.8. The molecule has 0 aliphatic carbocycles. The summed E-state index contributed by atoms with van der Waals surface area (Å²) in [6.45, 7) is 5.48. The lowest BCUT2D eigenvalue weighted by molar-refractivity contribution is -0.132. The van der Waals surface area contributed by atoms with E-state index in [1.54, 1.807) is 49.4 Å². The van der Waals surface area contributed by atoms with Crippen molar-refractivity contribution in [2.24, 2.45) is 0 Å². The van der Waals surface area contributed by atoms with E-state index in [1.807, 2.05) is 32.0 Å². The van der Waals surface area contributed by atoms with Gasteiger partial charge in [-0.05, 0) is 68.8 Å². The van der Waals surface area contributed by atoms with E-state index in [1.165, 1.54) is 4.90 Å². The summed E-state index contributed by atoms with van der Waals surface area (Å²) < 4.78 is 5.79. The van der Waals surface area contributed by atoms with E-state index in [-0.39, 0.29) is 11.3 Å². The molecule has 0 spiro atoms. The molecular formula is C25H20N2O4. The van der Waals surface area contributed by atoms with Gasteiger partial charge in [0, 0.05) is 11.3 Å². The smallest absolute Gasteiger partial charge is 0.300 e. The van der Waals surface area contributed by atoms with Crippen molar-refractivity contribution >= 4 is 23.1 Å². The monoisotopic (exact) mass is 412 g/mol. The third-order valence-corrected chi connectivity index (χ3v) is 5.40. The van der Waals surface area contributed by atoms with Crippen LogP contribution in [0.2, 0.25) is 0 Å². The van der Waals surface area contributed by atoms with E-state index in [4.69, 9.17) is 9.68 Å². The number of hydrogen-bond acceptors (Lipinski definition) is 5. The number of ketones is 1. The van der Waals surface area contributed by atoms with Crippen molar-refractivity contribution in [3.05, 3.63) is 93.9 Å². The molecule has 1 unspecified atom stereocenters. The molecule has 3 aromatic rings. The van der Waals surface area contributed by atoms with Gasteiger partial charge in [-0.3, -0.25) is 14.5 Å². The number of benzene rings is 2. The molecule has 0 radical (unpaired) electrons. The molecule has 31 heavy (non-hydrogen) atoms. The van der Waals surface area contributed by atoms with Crippen molar-refractivity contribution in [3.8, 4) is 6.07 Å². The number of hydrogen-bond donors (Lipinski definition) is 1. The molecule has 2 aromatic carbocycles. The van der Waals surface area contributed by atoms with E-state index in [0.29, 0.717) is 28.3 Å². The van der Waals surface area contributed by atoms with Gasteiger partial charge in [0.05, 0.1) is 17.2 Å². The van der Waals surface area contributed by atoms with Crippen LogP contribution in [0.1, 0.15) is 39.8 Å². The number of nitriles is 1. The van der Waals surface area contributed by atoms with Crippen molar-refractivity contribution in [3.63, 3.8) is 0 Å². The number of carbonyl (C=O) groups is 2. The lowest BCUT2D eigenvalue weighted by Crippen LogP contribution is -2.29. The molecule has 0 bridgehead atoms. The van der Waals surface area contributed by atoms with Crippen LogP contribution in [0, 0.1) is 32.1 Å². The second-order valence-corrected chi connectivity index (χ2v) is 7.59. The number of nitrogens with zero attached hydrogens (tertiary/aromatic N) is 2. The largest absolute Gasteiger partial charge is 0.507 e. The molecule has 4 rings (SSSR count). The molecule has 0 saturated carbocycles. The zero-order valence-electron chi connectivity index (χ0n) is 17.3. The molecular weight excluding hydrogens is 392 g/mol. The third kappa shape index (κ3) is 3.40. The highest BCUT2D eigenvalue weighted by atomic mass is 16.3. The number of carbonyl (C=O) groups excluding carboxylic acids is 2. The minimum atomic E-state index is -0.929. The van der Waals surface area contributed by atoms with Crippen LogP contribution in [-0.4, -0.2) is 16.8 Å². The second kappa shape index (κ2) is 7.62. The van der Waals surface area contributed by atoms with E-state index in [2.05, 4.69) is 0 Å². The molecule has 1 aromatic heterocycles. The molecule has 1 atom stereocenters. The molecule has 1 saturated heterocycles. The van der Waals surface area contributed by atoms with Crippen LogP contribution in [0.15, 0.2) is 64.6 Å². The first kappa shape index (κ1) is 20.2. The fourth-order valence-corrected chi connectivity index (χ4v) is 3.80. The maximum Gasteiger partial charge on any atom is 0.300 e. The number of aliphatic hydroxyl groups excluding tert-OH is 1. The van der Waals surface area contributed by atoms with Crippen LogP contribution >= 0.6 is 0 Å². The molecule has 1 N–H and O–H groups in total. The molecule has 1 aliphatic rings. The van der Waals surface area contributed by atoms with Gasteiger partial charge in [0.15, 0.2) is 0 Å². The second-order valence-electron chi connectivity index (χ2n) is 7.59. The van der Waals surface area contributed by atoms with E-state index < -0.39 is 17.7 Å². The molecule has 6 heteroatoms. The van der Waals surface area contributed by atoms with Crippen molar-refractivity contribution in [1.29, 1.82) is 5.26 Å². The standard InChI is InChI=1S/C25H20N2O4/c1-14-4-5-15(2)19(12-14)23(28)21-22(20-11-6-16(3)31-20)27(25(30)24(21)29)18-9-7-17(13-26)8-10-18/h4-12,22,28H,1-3H3/b23-21+. The number of anilines is 1. The average Bonchev–Trinajstić information content (AvgIpc) is 3.30. The highest BCUT2D eigenvalue weighted by molar-refractivity contribution is 6.51. The van der Waals surface area contributed by atoms with Gasteiger partial charge in [0.2, 0.25) is 0 Å². The Morgan fingerprint density at radius 3 is 2.35 bits per heavy atom. The predicted octanol–water partition coefficient (Wildman–Crippen LogP) is 4.70. The fraction of sp³-hybridized carbons (Fsp3) is 0.160. The summed E-state index contributed by atoms with van der Waals surface area (Å²) in [5, 5.41) is 20.3. The van der Waals surface area contributed by atoms with Crippen LogP contribution < -0.4 is 4.90 Å². The summed E-state index contributed by atoms with van der Waals surface area (Å²) in [6, 6.07) is 16.4. The Morgan fingerprint density at radius 2 is 1.74 bits per heavy atom. The number of Topliss-reactive ketones (excluding diaryl/α,β-unsaturated/α-hetero) is 1. The minimum absolute atomic E-state index is 0.0302. The number of amides is 1. The Kier molecular flexibility index (Phi) is 4.96. The van der Waals surface area contributed by atoms with Gasteiger partial charge in [-0.1, -0.05) is 17.7 Å². The van der Waals surface area contributed by atoms with E-state index in [0.717, 1.165) is 11.1 Å². The maximum atomic E-state index is 13.1. The highest BCUT2D eigenvalue weighted by Crippen LogP contribution is 2.43. The third-order valence-electron chi connectivity index (χ3n) is 5.40. The van der Waals surface area contributed by atoms with E-state index in [9.17, 15) is 14.7 Å². The van der Waals surface area contributed by atoms with Gasteiger partial charge < -0.3 is 9.52 Å². The zero-order chi connectivity index (χ0) is 22.3. The van der Waals surface area contributed by atoms with Crippen molar-refractivity contribution in [1.82, 2.24) is 0 Å². The number of rotatable bonds is 3. The first-order valence-electron chi connectivity index (χ1n) is 9.77. The van der Waals surface area contributed by atoms with Crippen LogP contribution in [0.3, 0.4) is 0 Å². The van der Waals surface area contributed by atoms with Gasteiger partial charge in [-0.25, -0.2) is 0 Å². The molecule has 154 valence electrons. The maximum absolute atomic E-state index is 13.1. The van der Waals surface area contributed by atoms with Crippen LogP contribution in [0.4, 0.5) is 5.69 Å².